The van der Waals surface area contributed by atoms with Crippen molar-refractivity contribution in [3.8, 4) is 0 Å². The monoisotopic (exact) mass is 249 g/mol. The van der Waals surface area contributed by atoms with Crippen molar-refractivity contribution in [2.45, 2.75) is 25.8 Å². The first kappa shape index (κ1) is 12.7. The highest BCUT2D eigenvalue weighted by Gasteiger charge is 2.36. The Bertz CT molecular complexity index is 469. The van der Waals surface area contributed by atoms with E-state index in [1.807, 2.05) is 0 Å². The molecule has 1 saturated heterocycles. The Kier molecular flexibility index (Phi) is 3.45. The fraction of sp³-hybridized carbons (Fsp3) is 0.429. The summed E-state index contributed by atoms with van der Waals surface area (Å²) in [5.41, 5.74) is 0.812. The number of ketones is 1. The van der Waals surface area contributed by atoms with Crippen molar-refractivity contribution in [1.82, 2.24) is 4.90 Å². The molecule has 1 unspecified atom stereocenters. The lowest BCUT2D eigenvalue weighted by molar-refractivity contribution is -0.140. The molecule has 1 aliphatic rings. The van der Waals surface area contributed by atoms with E-state index in [4.69, 9.17) is 0 Å². The predicted molar refractivity (Wildman–Crippen MR) is 65.3 cm³/mol. The van der Waals surface area contributed by atoms with Crippen LogP contribution in [0.15, 0.2) is 24.3 Å². The Morgan fingerprint density at radius 3 is 2.50 bits per heavy atom. The summed E-state index contributed by atoms with van der Waals surface area (Å²) < 4.78 is 12.9. The van der Waals surface area contributed by atoms with Crippen molar-refractivity contribution >= 4 is 11.7 Å². The molecular formula is C14H16FNO2. The third-order valence-electron chi connectivity index (χ3n) is 3.59. The van der Waals surface area contributed by atoms with Gasteiger partial charge < -0.3 is 4.90 Å². The number of halogens is 1. The molecule has 2 rings (SSSR count). The van der Waals surface area contributed by atoms with Crippen molar-refractivity contribution < 1.29 is 14.0 Å². The minimum Gasteiger partial charge on any atom is -0.338 e. The Hall–Kier alpha value is -1.71. The zero-order valence-corrected chi connectivity index (χ0v) is 10.5. The van der Waals surface area contributed by atoms with E-state index in [-0.39, 0.29) is 29.5 Å². The van der Waals surface area contributed by atoms with Crippen molar-refractivity contribution in [1.29, 1.82) is 0 Å². The van der Waals surface area contributed by atoms with Gasteiger partial charge >= 0.3 is 0 Å². The summed E-state index contributed by atoms with van der Waals surface area (Å²) in [6.45, 7) is 1.55. The molecule has 0 N–H and O–H groups in total. The van der Waals surface area contributed by atoms with Crippen molar-refractivity contribution in [2.75, 3.05) is 7.05 Å². The first-order valence-electron chi connectivity index (χ1n) is 6.02. The van der Waals surface area contributed by atoms with Crippen LogP contribution in [0.3, 0.4) is 0 Å². The van der Waals surface area contributed by atoms with Crippen LogP contribution in [0.2, 0.25) is 0 Å². The van der Waals surface area contributed by atoms with Gasteiger partial charge in [-0.2, -0.15) is 0 Å². The van der Waals surface area contributed by atoms with Crippen LogP contribution in [0.4, 0.5) is 4.39 Å². The number of amides is 1. The number of carbonyl (C=O) groups excluding carboxylic acids is 2. The summed E-state index contributed by atoms with van der Waals surface area (Å²) >= 11 is 0. The molecule has 1 aromatic carbocycles. The number of benzene rings is 1. The summed E-state index contributed by atoms with van der Waals surface area (Å²) in [6.07, 6.45) is 0.971. The molecule has 4 heteroatoms. The average Bonchev–Trinajstić information content (AvgIpc) is 2.33. The van der Waals surface area contributed by atoms with E-state index >= 15 is 0 Å². The molecule has 1 fully saturated rings. The molecule has 1 amide bonds. The zero-order chi connectivity index (χ0) is 13.3. The van der Waals surface area contributed by atoms with E-state index in [9.17, 15) is 14.0 Å². The van der Waals surface area contributed by atoms with E-state index in [0.29, 0.717) is 12.8 Å². The van der Waals surface area contributed by atoms with Crippen LogP contribution in [0.25, 0.3) is 0 Å². The second-order valence-electron chi connectivity index (χ2n) is 4.76. The topological polar surface area (TPSA) is 37.4 Å². The molecule has 0 radical (unpaired) electrons. The SMILES string of the molecule is CC(=O)[C@H]1CCC(=O)N(C)C1c1ccc(F)cc1. The molecular weight excluding hydrogens is 233 g/mol. The molecule has 2 atom stereocenters. The third kappa shape index (κ3) is 2.28. The maximum atomic E-state index is 12.9. The molecule has 1 aliphatic heterocycles. The number of nitrogens with zero attached hydrogens (tertiary/aromatic N) is 1. The normalized spacial score (nSPS) is 24.2. The first-order valence-corrected chi connectivity index (χ1v) is 6.02. The Labute approximate surface area is 106 Å². The summed E-state index contributed by atoms with van der Waals surface area (Å²) in [7, 11) is 1.70. The van der Waals surface area contributed by atoms with Gasteiger partial charge in [-0.1, -0.05) is 12.1 Å². The number of hydrogen-bond acceptors (Lipinski definition) is 2. The molecule has 3 nitrogen and oxygen atoms in total. The second kappa shape index (κ2) is 4.88. The molecule has 0 aromatic heterocycles. The maximum absolute atomic E-state index is 12.9. The molecule has 96 valence electrons. The van der Waals surface area contributed by atoms with Crippen LogP contribution in [-0.2, 0) is 9.59 Å². The Morgan fingerprint density at radius 2 is 1.94 bits per heavy atom. The van der Waals surface area contributed by atoms with Gasteiger partial charge in [-0.15, -0.1) is 0 Å². The number of carbonyl (C=O) groups is 2. The highest BCUT2D eigenvalue weighted by Crippen LogP contribution is 2.36. The lowest BCUT2D eigenvalue weighted by Gasteiger charge is -2.38. The van der Waals surface area contributed by atoms with Crippen molar-refractivity contribution in [3.05, 3.63) is 35.6 Å². The third-order valence-corrected chi connectivity index (χ3v) is 3.59. The first-order chi connectivity index (χ1) is 8.50. The smallest absolute Gasteiger partial charge is 0.222 e. The van der Waals surface area contributed by atoms with Crippen LogP contribution in [0, 0.1) is 11.7 Å². The van der Waals surface area contributed by atoms with Crippen LogP contribution < -0.4 is 0 Å². The fourth-order valence-electron chi connectivity index (χ4n) is 2.58. The molecule has 0 spiro atoms. The van der Waals surface area contributed by atoms with Gasteiger partial charge in [0.2, 0.25) is 5.91 Å². The minimum atomic E-state index is -0.317. The molecule has 0 bridgehead atoms. The van der Waals surface area contributed by atoms with Gasteiger partial charge in [0, 0.05) is 19.4 Å². The summed E-state index contributed by atoms with van der Waals surface area (Å²) in [4.78, 5) is 25.0. The average molecular weight is 249 g/mol. The highest BCUT2D eigenvalue weighted by atomic mass is 19.1. The number of Topliss-reactive ketones (excluding diaryl/α,β-unsaturated/α-hetero) is 1. The van der Waals surface area contributed by atoms with E-state index in [0.717, 1.165) is 5.56 Å². The number of likely N-dealkylation sites (tertiary alicyclic amines) is 1. The van der Waals surface area contributed by atoms with Gasteiger partial charge in [0.1, 0.15) is 11.6 Å². The van der Waals surface area contributed by atoms with Crippen LogP contribution >= 0.6 is 0 Å². The molecule has 0 saturated carbocycles. The molecule has 1 heterocycles. The van der Waals surface area contributed by atoms with Gasteiger partial charge in [-0.25, -0.2) is 4.39 Å². The van der Waals surface area contributed by atoms with Gasteiger partial charge in [0.05, 0.1) is 6.04 Å². The Balaban J connectivity index is 2.37. The zero-order valence-electron chi connectivity index (χ0n) is 10.5. The Morgan fingerprint density at radius 1 is 1.33 bits per heavy atom. The number of hydrogen-bond donors (Lipinski definition) is 0. The van der Waals surface area contributed by atoms with Crippen molar-refractivity contribution in [3.63, 3.8) is 0 Å². The lowest BCUT2D eigenvalue weighted by Crippen LogP contribution is -2.42. The molecule has 0 aliphatic carbocycles. The van der Waals surface area contributed by atoms with Gasteiger partial charge in [-0.3, -0.25) is 9.59 Å². The van der Waals surface area contributed by atoms with Crippen LogP contribution in [-0.4, -0.2) is 23.6 Å². The van der Waals surface area contributed by atoms with E-state index in [1.54, 1.807) is 31.0 Å². The summed E-state index contributed by atoms with van der Waals surface area (Å²) in [5, 5.41) is 0. The molecule has 1 aromatic rings. The van der Waals surface area contributed by atoms with Crippen LogP contribution in [0.1, 0.15) is 31.4 Å². The van der Waals surface area contributed by atoms with Gasteiger partial charge in [-0.05, 0) is 31.0 Å². The van der Waals surface area contributed by atoms with E-state index < -0.39 is 0 Å². The second-order valence-corrected chi connectivity index (χ2v) is 4.76. The van der Waals surface area contributed by atoms with E-state index in [1.165, 1.54) is 12.1 Å². The largest absolute Gasteiger partial charge is 0.338 e. The van der Waals surface area contributed by atoms with E-state index in [2.05, 4.69) is 0 Å². The highest BCUT2D eigenvalue weighted by molar-refractivity contribution is 5.84. The predicted octanol–water partition coefficient (Wildman–Crippen LogP) is 2.32. The minimum absolute atomic E-state index is 0.0295. The standard InChI is InChI=1S/C14H16FNO2/c1-9(17)12-7-8-13(18)16(2)14(12)10-3-5-11(15)6-4-10/h3-6,12,14H,7-8H2,1-2H3/t12-,14?/m1/s1. The van der Waals surface area contributed by atoms with Crippen LogP contribution in [0.5, 0.6) is 0 Å². The maximum Gasteiger partial charge on any atom is 0.222 e. The summed E-state index contributed by atoms with van der Waals surface area (Å²) in [5.74, 6) is -0.411. The number of rotatable bonds is 2. The fourth-order valence-corrected chi connectivity index (χ4v) is 2.58. The number of piperidine rings is 1. The van der Waals surface area contributed by atoms with Gasteiger partial charge in [0.25, 0.3) is 0 Å². The van der Waals surface area contributed by atoms with Gasteiger partial charge in [0.15, 0.2) is 0 Å². The lowest BCUT2D eigenvalue weighted by atomic mass is 9.82. The van der Waals surface area contributed by atoms with Crippen molar-refractivity contribution in [2.24, 2.45) is 5.92 Å². The summed E-state index contributed by atoms with van der Waals surface area (Å²) in [6, 6.07) is 5.74. The molecule has 18 heavy (non-hydrogen) atoms. The quantitative estimate of drug-likeness (QED) is 0.806.